The minimum atomic E-state index is -1.12. The van der Waals surface area contributed by atoms with Gasteiger partial charge in [0.05, 0.1) is 12.1 Å². The van der Waals surface area contributed by atoms with E-state index >= 15 is 0 Å². The van der Waals surface area contributed by atoms with E-state index in [1.165, 1.54) is 6.92 Å². The second-order valence-corrected chi connectivity index (χ2v) is 4.58. The van der Waals surface area contributed by atoms with Crippen LogP contribution < -0.4 is 11.2 Å². The fraction of sp³-hybridized carbons (Fsp3) is 0.214. The molecule has 20 heavy (non-hydrogen) atoms. The molecular formula is C14H14N2O4. The van der Waals surface area contributed by atoms with Crippen molar-refractivity contribution in [3.05, 3.63) is 61.9 Å². The first-order chi connectivity index (χ1) is 9.40. The van der Waals surface area contributed by atoms with Crippen LogP contribution in [0.1, 0.15) is 16.8 Å². The number of nitrogens with one attached hydrogen (secondary N) is 1. The number of H-pyrrole nitrogens is 1. The molecule has 2 rings (SSSR count). The van der Waals surface area contributed by atoms with E-state index < -0.39 is 23.6 Å². The first kappa shape index (κ1) is 13.8. The number of hydrogen-bond donors (Lipinski definition) is 2. The Morgan fingerprint density at radius 1 is 1.30 bits per heavy atom. The molecule has 0 aliphatic rings. The third-order valence-electron chi connectivity index (χ3n) is 3.00. The van der Waals surface area contributed by atoms with Crippen molar-refractivity contribution in [2.75, 3.05) is 0 Å². The van der Waals surface area contributed by atoms with Crippen LogP contribution in [0.15, 0.2) is 33.9 Å². The molecule has 0 bridgehead atoms. The molecule has 0 radical (unpaired) electrons. The number of aliphatic carboxylic acids is 1. The molecule has 0 saturated heterocycles. The molecule has 0 atom stereocenters. The number of carbonyl (C=O) groups is 1. The Balaban J connectivity index is 2.74. The zero-order chi connectivity index (χ0) is 14.9. The Kier molecular flexibility index (Phi) is 3.56. The molecule has 6 heteroatoms. The van der Waals surface area contributed by atoms with Crippen LogP contribution in [-0.4, -0.2) is 20.6 Å². The van der Waals surface area contributed by atoms with Gasteiger partial charge in [-0.25, -0.2) is 9.36 Å². The summed E-state index contributed by atoms with van der Waals surface area (Å²) in [5.41, 5.74) is 0.508. The lowest BCUT2D eigenvalue weighted by Crippen LogP contribution is -2.37. The highest BCUT2D eigenvalue weighted by atomic mass is 16.4. The summed E-state index contributed by atoms with van der Waals surface area (Å²) < 4.78 is 0.957. The van der Waals surface area contributed by atoms with Gasteiger partial charge in [0.2, 0.25) is 0 Å². The average Bonchev–Trinajstić information content (AvgIpc) is 2.34. The van der Waals surface area contributed by atoms with E-state index in [0.29, 0.717) is 5.69 Å². The summed E-state index contributed by atoms with van der Waals surface area (Å²) in [5, 5.41) is 8.85. The average molecular weight is 274 g/mol. The molecule has 6 nitrogen and oxygen atoms in total. The zero-order valence-corrected chi connectivity index (χ0v) is 11.1. The van der Waals surface area contributed by atoms with Gasteiger partial charge in [-0.3, -0.25) is 9.59 Å². The van der Waals surface area contributed by atoms with Crippen LogP contribution in [0.2, 0.25) is 0 Å². The third kappa shape index (κ3) is 2.54. The maximum Gasteiger partial charge on any atom is 0.333 e. The molecule has 0 aliphatic carbocycles. The molecule has 2 N–H and O–H groups in total. The van der Waals surface area contributed by atoms with Crippen LogP contribution in [0.25, 0.3) is 5.69 Å². The highest BCUT2D eigenvalue weighted by Gasteiger charge is 2.15. The van der Waals surface area contributed by atoms with Crippen molar-refractivity contribution in [3.8, 4) is 5.69 Å². The van der Waals surface area contributed by atoms with Crippen molar-refractivity contribution in [1.82, 2.24) is 9.55 Å². The van der Waals surface area contributed by atoms with Gasteiger partial charge in [-0.2, -0.15) is 0 Å². The number of carboxylic acid groups (broad SMARTS) is 1. The van der Waals surface area contributed by atoms with E-state index in [1.807, 2.05) is 13.0 Å². The summed E-state index contributed by atoms with van der Waals surface area (Å²) in [6.07, 6.45) is -0.423. The van der Waals surface area contributed by atoms with Crippen molar-refractivity contribution in [2.45, 2.75) is 20.3 Å². The topological polar surface area (TPSA) is 92.2 Å². The molecule has 0 aliphatic heterocycles. The summed E-state index contributed by atoms with van der Waals surface area (Å²) in [7, 11) is 0. The fourth-order valence-corrected chi connectivity index (χ4v) is 2.04. The SMILES string of the molecule is Cc1cccc(-n2c(=O)[nH]c(C)c(CC(=O)O)c2=O)c1. The van der Waals surface area contributed by atoms with Crippen LogP contribution >= 0.6 is 0 Å². The van der Waals surface area contributed by atoms with Crippen LogP contribution in [0, 0.1) is 13.8 Å². The van der Waals surface area contributed by atoms with E-state index in [-0.39, 0.29) is 11.3 Å². The second kappa shape index (κ2) is 5.16. The van der Waals surface area contributed by atoms with Crippen LogP contribution in [-0.2, 0) is 11.2 Å². The number of nitrogens with zero attached hydrogens (tertiary/aromatic N) is 1. The Morgan fingerprint density at radius 2 is 2.00 bits per heavy atom. The van der Waals surface area contributed by atoms with Gasteiger partial charge >= 0.3 is 11.7 Å². The second-order valence-electron chi connectivity index (χ2n) is 4.58. The highest BCUT2D eigenvalue weighted by Crippen LogP contribution is 2.07. The smallest absolute Gasteiger partial charge is 0.333 e. The minimum Gasteiger partial charge on any atom is -0.481 e. The first-order valence-electron chi connectivity index (χ1n) is 6.04. The Labute approximate surface area is 114 Å². The molecule has 0 unspecified atom stereocenters. The van der Waals surface area contributed by atoms with E-state index in [4.69, 9.17) is 5.11 Å². The number of rotatable bonds is 3. The third-order valence-corrected chi connectivity index (χ3v) is 3.00. The van der Waals surface area contributed by atoms with Gasteiger partial charge in [-0.15, -0.1) is 0 Å². The maximum absolute atomic E-state index is 12.3. The first-order valence-corrected chi connectivity index (χ1v) is 6.04. The predicted molar refractivity (Wildman–Crippen MR) is 73.5 cm³/mol. The van der Waals surface area contributed by atoms with Gasteiger partial charge in [0, 0.05) is 11.3 Å². The van der Waals surface area contributed by atoms with Crippen molar-refractivity contribution >= 4 is 5.97 Å². The van der Waals surface area contributed by atoms with Gasteiger partial charge in [-0.05, 0) is 31.5 Å². The lowest BCUT2D eigenvalue weighted by molar-refractivity contribution is -0.136. The van der Waals surface area contributed by atoms with Crippen molar-refractivity contribution in [2.24, 2.45) is 0 Å². The largest absolute Gasteiger partial charge is 0.481 e. The van der Waals surface area contributed by atoms with E-state index in [9.17, 15) is 14.4 Å². The summed E-state index contributed by atoms with van der Waals surface area (Å²) in [6.45, 7) is 3.36. The van der Waals surface area contributed by atoms with Gasteiger partial charge < -0.3 is 10.1 Å². The molecule has 0 amide bonds. The van der Waals surface area contributed by atoms with Gasteiger partial charge in [0.25, 0.3) is 5.56 Å². The van der Waals surface area contributed by atoms with Crippen molar-refractivity contribution in [1.29, 1.82) is 0 Å². The van der Waals surface area contributed by atoms with E-state index in [0.717, 1.165) is 10.1 Å². The summed E-state index contributed by atoms with van der Waals surface area (Å²) in [4.78, 5) is 37.6. The van der Waals surface area contributed by atoms with Gasteiger partial charge in [-0.1, -0.05) is 12.1 Å². The monoisotopic (exact) mass is 274 g/mol. The summed E-state index contributed by atoms with van der Waals surface area (Å²) in [5.74, 6) is -1.12. The number of aromatic amines is 1. The predicted octanol–water partition coefficient (Wildman–Crippen LogP) is 0.770. The lowest BCUT2D eigenvalue weighted by atomic mass is 10.1. The van der Waals surface area contributed by atoms with Crippen LogP contribution in [0.5, 0.6) is 0 Å². The zero-order valence-electron chi connectivity index (χ0n) is 11.1. The Hall–Kier alpha value is -2.63. The number of benzene rings is 1. The molecule has 0 saturated carbocycles. The van der Waals surface area contributed by atoms with Gasteiger partial charge in [0.1, 0.15) is 0 Å². The Bertz CT molecular complexity index is 786. The molecule has 2 aromatic rings. The molecular weight excluding hydrogens is 260 g/mol. The summed E-state index contributed by atoms with van der Waals surface area (Å²) in [6, 6.07) is 6.89. The van der Waals surface area contributed by atoms with Crippen LogP contribution in [0.3, 0.4) is 0 Å². The minimum absolute atomic E-state index is 0.0820. The fourth-order valence-electron chi connectivity index (χ4n) is 2.04. The summed E-state index contributed by atoms with van der Waals surface area (Å²) >= 11 is 0. The van der Waals surface area contributed by atoms with Crippen molar-refractivity contribution in [3.63, 3.8) is 0 Å². The normalized spacial score (nSPS) is 10.5. The standard InChI is InChI=1S/C14H14N2O4/c1-8-4-3-5-10(6-8)16-13(19)11(7-12(17)18)9(2)15-14(16)20/h3-6H,7H2,1-2H3,(H,15,20)(H,17,18). The molecule has 0 fully saturated rings. The molecule has 104 valence electrons. The molecule has 1 aromatic heterocycles. The quantitative estimate of drug-likeness (QED) is 0.864. The molecule has 1 heterocycles. The van der Waals surface area contributed by atoms with E-state index in [1.54, 1.807) is 18.2 Å². The lowest BCUT2D eigenvalue weighted by Gasteiger charge is -2.09. The number of aryl methyl sites for hydroxylation is 2. The number of hydrogen-bond acceptors (Lipinski definition) is 3. The van der Waals surface area contributed by atoms with E-state index in [2.05, 4.69) is 4.98 Å². The maximum atomic E-state index is 12.3. The number of aromatic nitrogens is 2. The highest BCUT2D eigenvalue weighted by molar-refractivity contribution is 5.70. The van der Waals surface area contributed by atoms with Crippen LogP contribution in [0.4, 0.5) is 0 Å². The van der Waals surface area contributed by atoms with Crippen molar-refractivity contribution < 1.29 is 9.90 Å². The Morgan fingerprint density at radius 3 is 2.60 bits per heavy atom. The van der Waals surface area contributed by atoms with Gasteiger partial charge in [0.15, 0.2) is 0 Å². The molecule has 0 spiro atoms. The number of carboxylic acids is 1. The molecule has 1 aromatic carbocycles.